The lowest BCUT2D eigenvalue weighted by Crippen LogP contribution is -2.26. The van der Waals surface area contributed by atoms with Gasteiger partial charge in [0.15, 0.2) is 0 Å². The van der Waals surface area contributed by atoms with E-state index in [9.17, 15) is 4.79 Å². The molecule has 0 aromatic carbocycles. The zero-order chi connectivity index (χ0) is 13.1. The molecule has 18 heavy (non-hydrogen) atoms. The molecule has 1 aliphatic rings. The highest BCUT2D eigenvalue weighted by molar-refractivity contribution is 5.96. The fourth-order valence-electron chi connectivity index (χ4n) is 2.06. The summed E-state index contributed by atoms with van der Waals surface area (Å²) in [6.45, 7) is 1.12. The number of pyridine rings is 1. The summed E-state index contributed by atoms with van der Waals surface area (Å²) < 4.78 is 10.2. The average molecular weight is 251 g/mol. The Hall–Kier alpha value is -1.82. The standard InChI is InChI=1S/C12H17N3O3/c1-17-10-4-3-9(12(14-10)18-2)15-7-8(6-13)5-11(15)16/h3-4,8H,5-7,13H2,1-2H3. The van der Waals surface area contributed by atoms with Crippen LogP contribution in [0.5, 0.6) is 11.8 Å². The molecule has 6 nitrogen and oxygen atoms in total. The van der Waals surface area contributed by atoms with Crippen LogP contribution in [-0.4, -0.2) is 38.2 Å². The Morgan fingerprint density at radius 1 is 1.44 bits per heavy atom. The first-order valence-electron chi connectivity index (χ1n) is 5.79. The van der Waals surface area contributed by atoms with Crippen molar-refractivity contribution in [3.63, 3.8) is 0 Å². The summed E-state index contributed by atoms with van der Waals surface area (Å²) in [5, 5.41) is 0. The van der Waals surface area contributed by atoms with Crippen molar-refractivity contribution in [1.82, 2.24) is 4.98 Å². The van der Waals surface area contributed by atoms with E-state index in [4.69, 9.17) is 15.2 Å². The van der Waals surface area contributed by atoms with Crippen molar-refractivity contribution in [2.24, 2.45) is 11.7 Å². The van der Waals surface area contributed by atoms with Crippen molar-refractivity contribution in [2.75, 3.05) is 32.2 Å². The molecule has 1 saturated heterocycles. The summed E-state index contributed by atoms with van der Waals surface area (Å²) in [5.74, 6) is 1.10. The number of anilines is 1. The number of nitrogens with two attached hydrogens (primary N) is 1. The summed E-state index contributed by atoms with van der Waals surface area (Å²) >= 11 is 0. The summed E-state index contributed by atoms with van der Waals surface area (Å²) in [6.07, 6.45) is 0.478. The highest BCUT2D eigenvalue weighted by atomic mass is 16.5. The molecule has 0 radical (unpaired) electrons. The predicted molar refractivity (Wildman–Crippen MR) is 66.9 cm³/mol. The van der Waals surface area contributed by atoms with Gasteiger partial charge in [-0.25, -0.2) is 0 Å². The minimum Gasteiger partial charge on any atom is -0.481 e. The van der Waals surface area contributed by atoms with Crippen LogP contribution < -0.4 is 20.1 Å². The number of nitrogens with zero attached hydrogens (tertiary/aromatic N) is 2. The summed E-state index contributed by atoms with van der Waals surface area (Å²) in [4.78, 5) is 17.8. The van der Waals surface area contributed by atoms with Gasteiger partial charge >= 0.3 is 0 Å². The third kappa shape index (κ3) is 2.24. The molecule has 1 amide bonds. The van der Waals surface area contributed by atoms with Gasteiger partial charge in [0.25, 0.3) is 0 Å². The molecule has 2 rings (SSSR count). The highest BCUT2D eigenvalue weighted by Gasteiger charge is 2.31. The lowest BCUT2D eigenvalue weighted by Gasteiger charge is -2.19. The molecular weight excluding hydrogens is 234 g/mol. The lowest BCUT2D eigenvalue weighted by molar-refractivity contribution is -0.117. The van der Waals surface area contributed by atoms with Gasteiger partial charge in [0.1, 0.15) is 5.69 Å². The number of carbonyl (C=O) groups is 1. The van der Waals surface area contributed by atoms with Gasteiger partial charge in [-0.1, -0.05) is 0 Å². The predicted octanol–water partition coefficient (Wildman–Crippen LogP) is 0.410. The molecule has 6 heteroatoms. The van der Waals surface area contributed by atoms with Crippen LogP contribution in [0.2, 0.25) is 0 Å². The Morgan fingerprint density at radius 3 is 2.78 bits per heavy atom. The van der Waals surface area contributed by atoms with Crippen molar-refractivity contribution >= 4 is 11.6 Å². The van der Waals surface area contributed by atoms with Gasteiger partial charge in [-0.3, -0.25) is 4.79 Å². The molecule has 1 atom stereocenters. The smallest absolute Gasteiger partial charge is 0.241 e. The number of carbonyl (C=O) groups excluding carboxylic acids is 1. The van der Waals surface area contributed by atoms with Crippen molar-refractivity contribution < 1.29 is 14.3 Å². The Labute approximate surface area is 106 Å². The molecule has 0 aliphatic carbocycles. The second-order valence-corrected chi connectivity index (χ2v) is 4.19. The quantitative estimate of drug-likeness (QED) is 0.838. The number of aromatic nitrogens is 1. The zero-order valence-corrected chi connectivity index (χ0v) is 10.5. The number of methoxy groups -OCH3 is 2. The summed E-state index contributed by atoms with van der Waals surface area (Å²) in [7, 11) is 3.05. The molecule has 1 aromatic rings. The van der Waals surface area contributed by atoms with E-state index in [0.29, 0.717) is 37.0 Å². The largest absolute Gasteiger partial charge is 0.481 e. The summed E-state index contributed by atoms with van der Waals surface area (Å²) in [5.41, 5.74) is 6.27. The zero-order valence-electron chi connectivity index (χ0n) is 10.5. The van der Waals surface area contributed by atoms with E-state index >= 15 is 0 Å². The fraction of sp³-hybridized carbons (Fsp3) is 0.500. The first kappa shape index (κ1) is 12.6. The van der Waals surface area contributed by atoms with Crippen LogP contribution in [0, 0.1) is 5.92 Å². The molecule has 98 valence electrons. The topological polar surface area (TPSA) is 77.7 Å². The van der Waals surface area contributed by atoms with E-state index < -0.39 is 0 Å². The molecule has 0 saturated carbocycles. The van der Waals surface area contributed by atoms with E-state index in [-0.39, 0.29) is 11.8 Å². The normalized spacial score (nSPS) is 19.2. The first-order valence-corrected chi connectivity index (χ1v) is 5.79. The van der Waals surface area contributed by atoms with Gasteiger partial charge in [-0.05, 0) is 18.5 Å². The van der Waals surface area contributed by atoms with Crippen molar-refractivity contribution in [1.29, 1.82) is 0 Å². The minimum absolute atomic E-state index is 0.0516. The SMILES string of the molecule is COc1ccc(N2CC(CN)CC2=O)c(OC)n1. The third-order valence-corrected chi connectivity index (χ3v) is 3.05. The number of amides is 1. The van der Waals surface area contributed by atoms with Crippen LogP contribution in [0.4, 0.5) is 5.69 Å². The van der Waals surface area contributed by atoms with E-state index in [0.717, 1.165) is 0 Å². The monoisotopic (exact) mass is 251 g/mol. The molecule has 1 fully saturated rings. The third-order valence-electron chi connectivity index (χ3n) is 3.05. The van der Waals surface area contributed by atoms with E-state index in [1.807, 2.05) is 0 Å². The molecule has 1 aromatic heterocycles. The maximum absolute atomic E-state index is 11.9. The van der Waals surface area contributed by atoms with Crippen LogP contribution in [0.1, 0.15) is 6.42 Å². The van der Waals surface area contributed by atoms with Crippen LogP contribution in [0.25, 0.3) is 0 Å². The number of rotatable bonds is 4. The maximum atomic E-state index is 11.9. The lowest BCUT2D eigenvalue weighted by atomic mass is 10.1. The Morgan fingerprint density at radius 2 is 2.22 bits per heavy atom. The molecule has 0 spiro atoms. The van der Waals surface area contributed by atoms with Crippen molar-refractivity contribution in [2.45, 2.75) is 6.42 Å². The van der Waals surface area contributed by atoms with Crippen molar-refractivity contribution in [3.05, 3.63) is 12.1 Å². The van der Waals surface area contributed by atoms with Gasteiger partial charge in [-0.15, -0.1) is 0 Å². The maximum Gasteiger partial charge on any atom is 0.241 e. The second kappa shape index (κ2) is 5.22. The van der Waals surface area contributed by atoms with Crippen LogP contribution in [0.15, 0.2) is 12.1 Å². The van der Waals surface area contributed by atoms with Gasteiger partial charge in [-0.2, -0.15) is 4.98 Å². The van der Waals surface area contributed by atoms with Crippen molar-refractivity contribution in [3.8, 4) is 11.8 Å². The molecule has 2 heterocycles. The Balaban J connectivity index is 2.30. The fourth-order valence-corrected chi connectivity index (χ4v) is 2.06. The minimum atomic E-state index is 0.0516. The first-order chi connectivity index (χ1) is 8.69. The van der Waals surface area contributed by atoms with E-state index in [1.54, 1.807) is 17.0 Å². The van der Waals surface area contributed by atoms with E-state index in [1.165, 1.54) is 14.2 Å². The van der Waals surface area contributed by atoms with Gasteiger partial charge in [0, 0.05) is 19.0 Å². The second-order valence-electron chi connectivity index (χ2n) is 4.19. The summed E-state index contributed by atoms with van der Waals surface area (Å²) in [6, 6.07) is 3.49. The molecule has 1 unspecified atom stereocenters. The number of hydrogen-bond acceptors (Lipinski definition) is 5. The highest BCUT2D eigenvalue weighted by Crippen LogP contribution is 2.32. The Kier molecular flexibility index (Phi) is 3.66. The van der Waals surface area contributed by atoms with Gasteiger partial charge in [0.05, 0.1) is 14.2 Å². The van der Waals surface area contributed by atoms with Gasteiger partial charge in [0.2, 0.25) is 17.7 Å². The number of ether oxygens (including phenoxy) is 2. The van der Waals surface area contributed by atoms with Gasteiger partial charge < -0.3 is 20.1 Å². The van der Waals surface area contributed by atoms with Crippen LogP contribution in [0.3, 0.4) is 0 Å². The average Bonchev–Trinajstić information content (AvgIpc) is 2.79. The molecule has 0 bridgehead atoms. The number of hydrogen-bond donors (Lipinski definition) is 1. The van der Waals surface area contributed by atoms with E-state index in [2.05, 4.69) is 4.98 Å². The molecule has 2 N–H and O–H groups in total. The molecule has 1 aliphatic heterocycles. The Bertz CT molecular complexity index is 450. The molecular formula is C12H17N3O3. The van der Waals surface area contributed by atoms with Crippen LogP contribution >= 0.6 is 0 Å². The van der Waals surface area contributed by atoms with Crippen LogP contribution in [-0.2, 0) is 4.79 Å².